The highest BCUT2D eigenvalue weighted by Crippen LogP contribution is 2.28. The van der Waals surface area contributed by atoms with Gasteiger partial charge in [0.25, 0.3) is 5.91 Å². The van der Waals surface area contributed by atoms with Gasteiger partial charge in [0.2, 0.25) is 0 Å². The van der Waals surface area contributed by atoms with Gasteiger partial charge in [-0.3, -0.25) is 4.79 Å². The highest BCUT2D eigenvalue weighted by molar-refractivity contribution is 5.95. The minimum absolute atomic E-state index is 0.0837. The van der Waals surface area contributed by atoms with Crippen molar-refractivity contribution < 1.29 is 9.28 Å². The molecule has 1 aromatic rings. The van der Waals surface area contributed by atoms with Crippen molar-refractivity contribution in [2.45, 2.75) is 72.8 Å². The van der Waals surface area contributed by atoms with Gasteiger partial charge in [-0.05, 0) is 64.5 Å². The normalized spacial score (nSPS) is 18.2. The number of hydrogen-bond donors (Lipinski definition) is 1. The van der Waals surface area contributed by atoms with Gasteiger partial charge in [0.15, 0.2) is 6.04 Å². The van der Waals surface area contributed by atoms with Crippen LogP contribution in [0.25, 0.3) is 0 Å². The zero-order chi connectivity index (χ0) is 17.7. The van der Waals surface area contributed by atoms with Gasteiger partial charge in [-0.15, -0.1) is 0 Å². The van der Waals surface area contributed by atoms with Crippen LogP contribution < -0.4 is 5.32 Å². The van der Waals surface area contributed by atoms with Crippen molar-refractivity contribution >= 4 is 11.6 Å². The first-order valence-corrected chi connectivity index (χ1v) is 9.68. The Morgan fingerprint density at radius 2 is 1.67 bits per heavy atom. The summed E-state index contributed by atoms with van der Waals surface area (Å²) >= 11 is 0. The van der Waals surface area contributed by atoms with E-state index in [1.807, 2.05) is 0 Å². The fourth-order valence-corrected chi connectivity index (χ4v) is 4.50. The van der Waals surface area contributed by atoms with Crippen molar-refractivity contribution in [1.82, 2.24) is 0 Å². The van der Waals surface area contributed by atoms with Crippen molar-refractivity contribution in [3.63, 3.8) is 0 Å². The Hall–Kier alpha value is -1.35. The fraction of sp³-hybridized carbons (Fsp3) is 0.667. The molecule has 3 nitrogen and oxygen atoms in total. The number of likely N-dealkylation sites (tertiary alicyclic amines) is 1. The van der Waals surface area contributed by atoms with Gasteiger partial charge >= 0.3 is 0 Å². The molecule has 1 aliphatic rings. The van der Waals surface area contributed by atoms with Crippen molar-refractivity contribution in [2.24, 2.45) is 0 Å². The minimum Gasteiger partial charge on any atom is -0.320 e. The molecule has 1 amide bonds. The average molecular weight is 332 g/mol. The van der Waals surface area contributed by atoms with Crippen LogP contribution in [-0.4, -0.2) is 36.1 Å². The third-order valence-corrected chi connectivity index (χ3v) is 5.79. The van der Waals surface area contributed by atoms with E-state index < -0.39 is 0 Å². The van der Waals surface area contributed by atoms with E-state index in [2.05, 4.69) is 52.1 Å². The Kier molecular flexibility index (Phi) is 6.45. The van der Waals surface area contributed by atoms with Crippen molar-refractivity contribution in [2.75, 3.05) is 25.0 Å². The van der Waals surface area contributed by atoms with Gasteiger partial charge in [-0.25, -0.2) is 0 Å². The summed E-state index contributed by atoms with van der Waals surface area (Å²) in [4.78, 5) is 13.2. The molecule has 1 unspecified atom stereocenters. The molecule has 0 radical (unpaired) electrons. The number of carbonyl (C=O) groups is 1. The first-order valence-electron chi connectivity index (χ1n) is 9.68. The highest BCUT2D eigenvalue weighted by Gasteiger charge is 2.41. The van der Waals surface area contributed by atoms with Crippen LogP contribution in [0.2, 0.25) is 0 Å². The quantitative estimate of drug-likeness (QED) is 0.750. The lowest BCUT2D eigenvalue weighted by atomic mass is 9.98. The number of nitrogens with zero attached hydrogens (tertiary/aromatic N) is 1. The summed E-state index contributed by atoms with van der Waals surface area (Å²) in [6.45, 7) is 14.1. The summed E-state index contributed by atoms with van der Waals surface area (Å²) < 4.78 is 0.976. The summed E-state index contributed by atoms with van der Waals surface area (Å²) in [5.41, 5.74) is 4.59. The summed E-state index contributed by atoms with van der Waals surface area (Å²) in [6, 6.07) is 4.39. The van der Waals surface area contributed by atoms with Crippen LogP contribution in [0.5, 0.6) is 0 Å². The third-order valence-electron chi connectivity index (χ3n) is 5.79. The number of piperidine rings is 1. The molecule has 134 valence electrons. The molecule has 0 saturated carbocycles. The topological polar surface area (TPSA) is 29.1 Å². The zero-order valence-electron chi connectivity index (χ0n) is 16.2. The van der Waals surface area contributed by atoms with E-state index in [1.165, 1.54) is 24.8 Å². The van der Waals surface area contributed by atoms with Crippen molar-refractivity contribution in [3.05, 3.63) is 28.8 Å². The summed E-state index contributed by atoms with van der Waals surface area (Å²) in [5.74, 6) is 0.218. The standard InChI is InChI=1S/C21H34N2O/c1-6-11-19(23(7-2)12-9-8-10-13-23)21(24)22-20-17(4)14-16(3)15-18(20)5/h14-15,19H,6-13H2,1-5H3/p+1. The number of aryl methyl sites for hydroxylation is 3. The largest absolute Gasteiger partial charge is 0.320 e. The molecule has 1 atom stereocenters. The van der Waals surface area contributed by atoms with Crippen molar-refractivity contribution in [3.8, 4) is 0 Å². The molecular weight excluding hydrogens is 296 g/mol. The van der Waals surface area contributed by atoms with E-state index in [-0.39, 0.29) is 11.9 Å². The molecule has 1 heterocycles. The number of anilines is 1. The molecule has 1 saturated heterocycles. The van der Waals surface area contributed by atoms with E-state index in [9.17, 15) is 4.79 Å². The fourth-order valence-electron chi connectivity index (χ4n) is 4.50. The molecule has 0 bridgehead atoms. The maximum Gasteiger partial charge on any atom is 0.282 e. The first-order chi connectivity index (χ1) is 11.4. The molecule has 0 aliphatic carbocycles. The predicted octanol–water partition coefficient (Wildman–Crippen LogP) is 4.74. The summed E-state index contributed by atoms with van der Waals surface area (Å²) in [5, 5.41) is 3.29. The van der Waals surface area contributed by atoms with Crippen molar-refractivity contribution in [1.29, 1.82) is 0 Å². The van der Waals surface area contributed by atoms with E-state index in [4.69, 9.17) is 0 Å². The van der Waals surface area contributed by atoms with Crippen LogP contribution in [0, 0.1) is 20.8 Å². The van der Waals surface area contributed by atoms with Crippen LogP contribution in [0.3, 0.4) is 0 Å². The second-order valence-corrected chi connectivity index (χ2v) is 7.61. The molecule has 1 aromatic carbocycles. The van der Waals surface area contributed by atoms with Crippen LogP contribution in [0.15, 0.2) is 12.1 Å². The first kappa shape index (κ1) is 19.0. The summed E-state index contributed by atoms with van der Waals surface area (Å²) in [6.07, 6.45) is 5.86. The number of rotatable bonds is 6. The number of nitrogens with one attached hydrogen (secondary N) is 1. The predicted molar refractivity (Wildman–Crippen MR) is 102 cm³/mol. The van der Waals surface area contributed by atoms with Crippen LogP contribution in [-0.2, 0) is 4.79 Å². The Labute approximate surface area is 148 Å². The molecule has 3 heteroatoms. The monoisotopic (exact) mass is 331 g/mol. The Morgan fingerprint density at radius 3 is 2.17 bits per heavy atom. The lowest BCUT2D eigenvalue weighted by Crippen LogP contribution is -2.61. The van der Waals surface area contributed by atoms with E-state index in [1.54, 1.807) is 0 Å². The Balaban J connectivity index is 2.26. The van der Waals surface area contributed by atoms with E-state index in [0.29, 0.717) is 0 Å². The second-order valence-electron chi connectivity index (χ2n) is 7.61. The molecule has 0 spiro atoms. The van der Waals surface area contributed by atoms with E-state index in [0.717, 1.165) is 53.8 Å². The SMILES string of the molecule is CCCC(C(=O)Nc1c(C)cc(C)cc1C)[N+]1(CC)CCCCC1. The molecule has 0 aromatic heterocycles. The zero-order valence-corrected chi connectivity index (χ0v) is 16.2. The molecule has 24 heavy (non-hydrogen) atoms. The molecule has 1 fully saturated rings. The highest BCUT2D eigenvalue weighted by atomic mass is 16.2. The van der Waals surface area contributed by atoms with Crippen LogP contribution >= 0.6 is 0 Å². The molecule has 1 N–H and O–H groups in total. The van der Waals surface area contributed by atoms with E-state index >= 15 is 0 Å². The maximum atomic E-state index is 13.2. The average Bonchev–Trinajstić information content (AvgIpc) is 2.56. The summed E-state index contributed by atoms with van der Waals surface area (Å²) in [7, 11) is 0. The van der Waals surface area contributed by atoms with Gasteiger partial charge < -0.3 is 9.80 Å². The number of hydrogen-bond acceptors (Lipinski definition) is 1. The van der Waals surface area contributed by atoms with Gasteiger partial charge in [0.05, 0.1) is 19.6 Å². The smallest absolute Gasteiger partial charge is 0.282 e. The Morgan fingerprint density at radius 1 is 1.08 bits per heavy atom. The number of likely N-dealkylation sites (N-methyl/N-ethyl adjacent to an activating group) is 1. The lowest BCUT2D eigenvalue weighted by molar-refractivity contribution is -0.945. The molecular formula is C21H35N2O+. The van der Waals surface area contributed by atoms with Gasteiger partial charge in [0, 0.05) is 12.1 Å². The van der Waals surface area contributed by atoms with Crippen LogP contribution in [0.1, 0.15) is 62.6 Å². The van der Waals surface area contributed by atoms with Gasteiger partial charge in [-0.1, -0.05) is 24.6 Å². The molecule has 2 rings (SSSR count). The minimum atomic E-state index is 0.0837. The third kappa shape index (κ3) is 4.00. The number of amides is 1. The number of carbonyl (C=O) groups excluding carboxylic acids is 1. The number of benzene rings is 1. The van der Waals surface area contributed by atoms with Gasteiger partial charge in [-0.2, -0.15) is 0 Å². The maximum absolute atomic E-state index is 13.2. The van der Waals surface area contributed by atoms with Gasteiger partial charge in [0.1, 0.15) is 0 Å². The number of quaternary nitrogens is 1. The van der Waals surface area contributed by atoms with Crippen LogP contribution in [0.4, 0.5) is 5.69 Å². The Bertz CT molecular complexity index is 550. The lowest BCUT2D eigenvalue weighted by Gasteiger charge is -2.46. The second kappa shape index (κ2) is 8.15. The molecule has 1 aliphatic heterocycles.